The molecule has 1 fully saturated rings. The van der Waals surface area contributed by atoms with Crippen LogP contribution in [0.15, 0.2) is 48.7 Å². The molecule has 3 rings (SSSR count). The molecule has 0 bridgehead atoms. The highest BCUT2D eigenvalue weighted by Crippen LogP contribution is 2.30. The van der Waals surface area contributed by atoms with Crippen molar-refractivity contribution in [2.24, 2.45) is 5.92 Å². The predicted molar refractivity (Wildman–Crippen MR) is 105 cm³/mol. The van der Waals surface area contributed by atoms with Gasteiger partial charge < -0.3 is 15.5 Å². The number of amides is 3. The molecule has 0 spiro atoms. The summed E-state index contributed by atoms with van der Waals surface area (Å²) in [6.07, 6.45) is 3.69. The largest absolute Gasteiger partial charge is 0.331 e. The first kappa shape index (κ1) is 18.9. The molecule has 1 aromatic carbocycles. The second-order valence-electron chi connectivity index (χ2n) is 7.10. The maximum atomic E-state index is 12.6. The highest BCUT2D eigenvalue weighted by molar-refractivity contribution is 5.94. The van der Waals surface area contributed by atoms with Gasteiger partial charge in [-0.1, -0.05) is 18.2 Å². The maximum absolute atomic E-state index is 12.6. The van der Waals surface area contributed by atoms with Crippen LogP contribution in [0, 0.1) is 5.92 Å². The summed E-state index contributed by atoms with van der Waals surface area (Å²) < 4.78 is 0. The number of anilines is 1. The fourth-order valence-corrected chi connectivity index (χ4v) is 2.81. The summed E-state index contributed by atoms with van der Waals surface area (Å²) in [7, 11) is 1.76. The molecule has 2 aromatic rings. The van der Waals surface area contributed by atoms with Crippen molar-refractivity contribution in [2.45, 2.75) is 38.8 Å². The minimum Gasteiger partial charge on any atom is -0.331 e. The van der Waals surface area contributed by atoms with E-state index in [1.165, 1.54) is 0 Å². The Labute approximate surface area is 160 Å². The molecule has 1 aliphatic carbocycles. The van der Waals surface area contributed by atoms with E-state index in [9.17, 15) is 9.59 Å². The third-order valence-electron chi connectivity index (χ3n) is 4.98. The molecule has 1 saturated carbocycles. The first-order chi connectivity index (χ1) is 13.0. The van der Waals surface area contributed by atoms with E-state index in [4.69, 9.17) is 0 Å². The van der Waals surface area contributed by atoms with Crippen molar-refractivity contribution in [3.8, 4) is 0 Å². The highest BCUT2D eigenvalue weighted by atomic mass is 16.2. The van der Waals surface area contributed by atoms with Crippen LogP contribution >= 0.6 is 0 Å². The van der Waals surface area contributed by atoms with E-state index in [1.807, 2.05) is 56.3 Å². The van der Waals surface area contributed by atoms with Gasteiger partial charge in [0.15, 0.2) is 0 Å². The van der Waals surface area contributed by atoms with Gasteiger partial charge in [-0.3, -0.25) is 9.78 Å². The number of aromatic nitrogens is 1. The van der Waals surface area contributed by atoms with Crippen LogP contribution in [0.3, 0.4) is 0 Å². The van der Waals surface area contributed by atoms with E-state index >= 15 is 0 Å². The molecular formula is C21H26N4O2. The Morgan fingerprint density at radius 2 is 1.81 bits per heavy atom. The number of urea groups is 1. The van der Waals surface area contributed by atoms with E-state index in [1.54, 1.807) is 18.1 Å². The molecule has 2 unspecified atom stereocenters. The lowest BCUT2D eigenvalue weighted by molar-refractivity contribution is -0.117. The van der Waals surface area contributed by atoms with Gasteiger partial charge in [-0.05, 0) is 56.5 Å². The molecule has 3 amide bonds. The van der Waals surface area contributed by atoms with Gasteiger partial charge in [-0.2, -0.15) is 0 Å². The molecule has 2 atom stereocenters. The predicted octanol–water partition coefficient (Wildman–Crippen LogP) is 3.89. The van der Waals surface area contributed by atoms with Crippen LogP contribution in [-0.2, 0) is 4.79 Å². The summed E-state index contributed by atoms with van der Waals surface area (Å²) in [6, 6.07) is 12.8. The third-order valence-corrected chi connectivity index (χ3v) is 4.98. The van der Waals surface area contributed by atoms with Gasteiger partial charge in [0, 0.05) is 24.8 Å². The number of rotatable bonds is 6. The van der Waals surface area contributed by atoms with E-state index < -0.39 is 0 Å². The zero-order valence-electron chi connectivity index (χ0n) is 16.0. The van der Waals surface area contributed by atoms with Crippen LogP contribution in [0.25, 0.3) is 0 Å². The first-order valence-corrected chi connectivity index (χ1v) is 9.31. The van der Waals surface area contributed by atoms with Gasteiger partial charge >= 0.3 is 6.03 Å². The van der Waals surface area contributed by atoms with Gasteiger partial charge in [-0.15, -0.1) is 0 Å². The molecule has 142 valence electrons. The topological polar surface area (TPSA) is 74.3 Å². The minimum absolute atomic E-state index is 0.0919. The fourth-order valence-electron chi connectivity index (χ4n) is 2.81. The van der Waals surface area contributed by atoms with Crippen molar-refractivity contribution in [1.82, 2.24) is 15.2 Å². The van der Waals surface area contributed by atoms with Gasteiger partial charge in [0.25, 0.3) is 0 Å². The molecule has 0 radical (unpaired) electrons. The van der Waals surface area contributed by atoms with Gasteiger partial charge in [0.2, 0.25) is 5.91 Å². The molecule has 0 saturated heterocycles. The normalized spacial score (nSPS) is 15.5. The number of hydrogen-bond donors (Lipinski definition) is 2. The molecule has 1 aromatic heterocycles. The zero-order chi connectivity index (χ0) is 19.4. The van der Waals surface area contributed by atoms with Crippen LogP contribution in [0.4, 0.5) is 10.5 Å². The van der Waals surface area contributed by atoms with Crippen molar-refractivity contribution in [1.29, 1.82) is 0 Å². The monoisotopic (exact) mass is 366 g/mol. The number of nitrogens with one attached hydrogen (secondary N) is 2. The SMILES string of the molecule is CC(NC(=O)N(C)C(C)c1ccccn1)c1ccc(NC(=O)C2CC2)cc1. The van der Waals surface area contributed by atoms with Crippen LogP contribution in [0.1, 0.15) is 50.0 Å². The van der Waals surface area contributed by atoms with E-state index in [0.717, 1.165) is 29.8 Å². The Bertz CT molecular complexity index is 788. The number of pyridine rings is 1. The Hall–Kier alpha value is -2.89. The Balaban J connectivity index is 1.56. The van der Waals surface area contributed by atoms with Crippen LogP contribution in [0.5, 0.6) is 0 Å². The summed E-state index contributed by atoms with van der Waals surface area (Å²) in [4.78, 5) is 30.3. The number of nitrogens with zero attached hydrogens (tertiary/aromatic N) is 2. The second kappa shape index (κ2) is 8.20. The van der Waals surface area contributed by atoms with Crippen molar-refractivity contribution in [3.63, 3.8) is 0 Å². The summed E-state index contributed by atoms with van der Waals surface area (Å²) >= 11 is 0. The van der Waals surface area contributed by atoms with E-state index in [0.29, 0.717) is 0 Å². The van der Waals surface area contributed by atoms with E-state index in [-0.39, 0.29) is 29.9 Å². The molecule has 6 nitrogen and oxygen atoms in total. The quantitative estimate of drug-likeness (QED) is 0.814. The minimum atomic E-state index is -0.160. The molecule has 27 heavy (non-hydrogen) atoms. The third kappa shape index (κ3) is 4.84. The van der Waals surface area contributed by atoms with Crippen LogP contribution in [0.2, 0.25) is 0 Å². The lowest BCUT2D eigenvalue weighted by Crippen LogP contribution is -2.40. The molecular weight excluding hydrogens is 340 g/mol. The molecule has 2 N–H and O–H groups in total. The lowest BCUT2D eigenvalue weighted by Gasteiger charge is -2.26. The lowest BCUT2D eigenvalue weighted by atomic mass is 10.1. The van der Waals surface area contributed by atoms with Crippen molar-refractivity contribution >= 4 is 17.6 Å². The molecule has 1 heterocycles. The number of carbonyl (C=O) groups is 2. The zero-order valence-corrected chi connectivity index (χ0v) is 16.0. The highest BCUT2D eigenvalue weighted by Gasteiger charge is 2.29. The smallest absolute Gasteiger partial charge is 0.318 e. The van der Waals surface area contributed by atoms with Crippen molar-refractivity contribution < 1.29 is 9.59 Å². The first-order valence-electron chi connectivity index (χ1n) is 9.31. The summed E-state index contributed by atoms with van der Waals surface area (Å²) in [5.74, 6) is 0.272. The summed E-state index contributed by atoms with van der Waals surface area (Å²) in [5, 5.41) is 5.93. The molecule has 0 aliphatic heterocycles. The number of carbonyl (C=O) groups excluding carboxylic acids is 2. The van der Waals surface area contributed by atoms with Gasteiger partial charge in [-0.25, -0.2) is 4.79 Å². The summed E-state index contributed by atoms with van der Waals surface area (Å²) in [5.41, 5.74) is 2.61. The standard InChI is InChI=1S/C21H26N4O2/c1-14(16-9-11-18(12-10-16)24-20(26)17-7-8-17)23-21(27)25(3)15(2)19-6-4-5-13-22-19/h4-6,9-15,17H,7-8H2,1-3H3,(H,23,27)(H,24,26). The Kier molecular flexibility index (Phi) is 5.74. The Morgan fingerprint density at radius 1 is 1.11 bits per heavy atom. The van der Waals surface area contributed by atoms with Gasteiger partial charge in [0.1, 0.15) is 0 Å². The molecule has 1 aliphatic rings. The van der Waals surface area contributed by atoms with Crippen molar-refractivity contribution in [2.75, 3.05) is 12.4 Å². The maximum Gasteiger partial charge on any atom is 0.318 e. The second-order valence-corrected chi connectivity index (χ2v) is 7.10. The molecule has 6 heteroatoms. The number of hydrogen-bond acceptors (Lipinski definition) is 3. The Morgan fingerprint density at radius 3 is 2.41 bits per heavy atom. The average molecular weight is 366 g/mol. The fraction of sp³-hybridized carbons (Fsp3) is 0.381. The van der Waals surface area contributed by atoms with Crippen LogP contribution < -0.4 is 10.6 Å². The average Bonchev–Trinajstić information content (AvgIpc) is 3.53. The van der Waals surface area contributed by atoms with E-state index in [2.05, 4.69) is 15.6 Å². The summed E-state index contributed by atoms with van der Waals surface area (Å²) in [6.45, 7) is 3.89. The number of benzene rings is 1. The van der Waals surface area contributed by atoms with Crippen LogP contribution in [-0.4, -0.2) is 28.9 Å². The van der Waals surface area contributed by atoms with Crippen molar-refractivity contribution in [3.05, 3.63) is 59.9 Å². The van der Waals surface area contributed by atoms with Gasteiger partial charge in [0.05, 0.1) is 17.8 Å².